The number of aryl methyl sites for hydroxylation is 3. The van der Waals surface area contributed by atoms with Crippen LogP contribution in [-0.4, -0.2) is 32.7 Å². The Morgan fingerprint density at radius 1 is 1.27 bits per heavy atom. The van der Waals surface area contributed by atoms with Gasteiger partial charge in [-0.05, 0) is 54.4 Å². The van der Waals surface area contributed by atoms with Crippen molar-refractivity contribution in [1.82, 2.24) is 4.98 Å². The molecule has 2 unspecified atom stereocenters. The van der Waals surface area contributed by atoms with Crippen LogP contribution in [0.3, 0.4) is 0 Å². The minimum atomic E-state index is -0.876. The highest BCUT2D eigenvalue weighted by Crippen LogP contribution is 2.42. The van der Waals surface area contributed by atoms with Crippen molar-refractivity contribution in [3.63, 3.8) is 0 Å². The molecule has 2 heterocycles. The van der Waals surface area contributed by atoms with E-state index in [-0.39, 0.29) is 30.1 Å². The number of aromatic nitrogens is 1. The Kier molecular flexibility index (Phi) is 7.76. The predicted molar refractivity (Wildman–Crippen MR) is 134 cm³/mol. The molecule has 1 aromatic heterocycles. The maximum atomic E-state index is 13.3. The average molecular weight is 490 g/mol. The molecule has 1 aliphatic heterocycles. The molecule has 0 aliphatic carbocycles. The van der Waals surface area contributed by atoms with Crippen LogP contribution in [0, 0.1) is 19.8 Å². The fraction of sp³-hybridized carbons (Fsp3) is 0.577. The van der Waals surface area contributed by atoms with E-state index >= 15 is 0 Å². The van der Waals surface area contributed by atoms with E-state index in [1.807, 2.05) is 45.2 Å². The molecule has 0 amide bonds. The normalized spacial score (nSPS) is 21.5. The van der Waals surface area contributed by atoms with Gasteiger partial charge in [-0.15, -0.1) is 23.1 Å². The van der Waals surface area contributed by atoms with Crippen LogP contribution in [0.15, 0.2) is 22.4 Å². The van der Waals surface area contributed by atoms with Crippen molar-refractivity contribution in [2.24, 2.45) is 5.92 Å². The van der Waals surface area contributed by atoms with Gasteiger partial charge in [0.2, 0.25) is 0 Å². The molecular weight excluding hydrogens is 454 g/mol. The molecule has 7 heteroatoms. The molecule has 1 fully saturated rings. The van der Waals surface area contributed by atoms with Gasteiger partial charge in [0.1, 0.15) is 5.60 Å². The Morgan fingerprint density at radius 2 is 1.97 bits per heavy atom. The molecule has 0 radical (unpaired) electrons. The number of hydrogen-bond donors (Lipinski definition) is 1. The van der Waals surface area contributed by atoms with Crippen molar-refractivity contribution >= 4 is 34.9 Å². The monoisotopic (exact) mass is 489 g/mol. The van der Waals surface area contributed by atoms with E-state index < -0.39 is 16.8 Å². The van der Waals surface area contributed by atoms with Gasteiger partial charge in [0.25, 0.3) is 0 Å². The number of aliphatic hydroxyl groups excluding tert-OH is 1. The molecule has 2 atom stereocenters. The number of aliphatic hydroxyl groups is 1. The summed E-state index contributed by atoms with van der Waals surface area (Å²) in [5, 5.41) is 11.8. The third-order valence-corrected chi connectivity index (χ3v) is 8.74. The Labute approximate surface area is 205 Å². The molecule has 0 spiro atoms. The summed E-state index contributed by atoms with van der Waals surface area (Å²) in [5.74, 6) is -0.512. The van der Waals surface area contributed by atoms with Crippen LogP contribution in [0.2, 0.25) is 0 Å². The van der Waals surface area contributed by atoms with Gasteiger partial charge in [0, 0.05) is 28.8 Å². The number of benzene rings is 1. The lowest BCUT2D eigenvalue weighted by Crippen LogP contribution is -2.52. The number of hydrogen-bond acceptors (Lipinski definition) is 7. The number of nitrogens with zero attached hydrogens (tertiary/aromatic N) is 1. The first-order chi connectivity index (χ1) is 15.4. The molecule has 0 saturated carbocycles. The molecule has 1 aliphatic rings. The van der Waals surface area contributed by atoms with Crippen LogP contribution in [0.5, 0.6) is 0 Å². The molecule has 1 saturated heterocycles. The molecule has 3 rings (SSSR count). The van der Waals surface area contributed by atoms with Crippen LogP contribution < -0.4 is 0 Å². The lowest BCUT2D eigenvalue weighted by Gasteiger charge is -2.41. The number of thiazole rings is 1. The largest absolute Gasteiger partial charge is 0.457 e. The molecule has 2 aromatic rings. The van der Waals surface area contributed by atoms with Gasteiger partial charge < -0.3 is 9.84 Å². The lowest BCUT2D eigenvalue weighted by atomic mass is 9.79. The van der Waals surface area contributed by atoms with Crippen molar-refractivity contribution in [3.8, 4) is 0 Å². The average Bonchev–Trinajstić information content (AvgIpc) is 3.13. The summed E-state index contributed by atoms with van der Waals surface area (Å²) in [7, 11) is 0. The van der Waals surface area contributed by atoms with E-state index in [1.165, 1.54) is 11.8 Å². The SMILES string of the molecule is Cc1csc(CCC2(C(C)C)CC(=O)C(Sc3cc(C)c(CO)cc3C(C)(C)C)C(=O)O2)n1. The highest BCUT2D eigenvalue weighted by atomic mass is 32.2. The van der Waals surface area contributed by atoms with Crippen molar-refractivity contribution in [2.75, 3.05) is 0 Å². The zero-order chi connectivity index (χ0) is 24.6. The molecule has 5 nitrogen and oxygen atoms in total. The number of cyclic esters (lactones) is 1. The summed E-state index contributed by atoms with van der Waals surface area (Å²) in [6, 6.07) is 3.97. The third kappa shape index (κ3) is 5.69. The Bertz CT molecular complexity index is 1020. The molecule has 1 N–H and O–H groups in total. The second-order valence-electron chi connectivity index (χ2n) is 10.3. The number of carbonyl (C=O) groups is 2. The van der Waals surface area contributed by atoms with Crippen molar-refractivity contribution < 1.29 is 19.4 Å². The highest BCUT2D eigenvalue weighted by molar-refractivity contribution is 8.01. The standard InChI is InChI=1S/C26H35NO4S2/c1-15(2)26(9-8-22-27-17(4)14-32-22)12-20(29)23(24(30)31-26)33-21-10-16(3)18(13-28)11-19(21)25(5,6)7/h10-11,14-15,23,28H,8-9,12-13H2,1-7H3. The van der Waals surface area contributed by atoms with E-state index in [9.17, 15) is 14.7 Å². The fourth-order valence-electron chi connectivity index (χ4n) is 4.22. The molecule has 180 valence electrons. The molecular formula is C26H35NO4S2. The number of carbonyl (C=O) groups excluding carboxylic acids is 2. The van der Waals surface area contributed by atoms with Crippen LogP contribution in [-0.2, 0) is 32.8 Å². The topological polar surface area (TPSA) is 76.5 Å². The first kappa shape index (κ1) is 25.9. The van der Waals surface area contributed by atoms with Gasteiger partial charge in [0.05, 0.1) is 11.6 Å². The van der Waals surface area contributed by atoms with Crippen LogP contribution in [0.25, 0.3) is 0 Å². The van der Waals surface area contributed by atoms with Gasteiger partial charge in [-0.1, -0.05) is 40.7 Å². The summed E-state index contributed by atoms with van der Waals surface area (Å²) >= 11 is 2.88. The Morgan fingerprint density at radius 3 is 2.48 bits per heavy atom. The van der Waals surface area contributed by atoms with Gasteiger partial charge in [0.15, 0.2) is 11.0 Å². The van der Waals surface area contributed by atoms with Gasteiger partial charge in [-0.25, -0.2) is 4.98 Å². The summed E-state index contributed by atoms with van der Waals surface area (Å²) in [5.41, 5.74) is 2.81. The number of rotatable bonds is 7. The quantitative estimate of drug-likeness (QED) is 0.406. The number of thioether (sulfide) groups is 1. The first-order valence-corrected chi connectivity index (χ1v) is 13.2. The summed E-state index contributed by atoms with van der Waals surface area (Å²) < 4.78 is 6.08. The summed E-state index contributed by atoms with van der Waals surface area (Å²) in [4.78, 5) is 31.9. The van der Waals surface area contributed by atoms with Crippen LogP contribution in [0.1, 0.15) is 74.9 Å². The van der Waals surface area contributed by atoms with E-state index in [0.717, 1.165) is 32.3 Å². The van der Waals surface area contributed by atoms with E-state index in [4.69, 9.17) is 4.74 Å². The smallest absolute Gasteiger partial charge is 0.327 e. The van der Waals surface area contributed by atoms with E-state index in [2.05, 4.69) is 25.8 Å². The zero-order valence-corrected chi connectivity index (χ0v) is 22.3. The Hall–Kier alpha value is -1.70. The van der Waals surface area contributed by atoms with Crippen molar-refractivity contribution in [2.45, 2.75) is 95.5 Å². The lowest BCUT2D eigenvalue weighted by molar-refractivity contribution is -0.176. The number of ketones is 1. The number of Topliss-reactive ketones (excluding diaryl/α,β-unsaturated/α-hetero) is 1. The molecule has 0 bridgehead atoms. The minimum absolute atomic E-state index is 0.0219. The summed E-state index contributed by atoms with van der Waals surface area (Å²) in [6.45, 7) is 14.2. The maximum absolute atomic E-state index is 13.3. The van der Waals surface area contributed by atoms with Crippen LogP contribution in [0.4, 0.5) is 0 Å². The second kappa shape index (κ2) is 9.88. The fourth-order valence-corrected chi connectivity index (χ4v) is 6.34. The van der Waals surface area contributed by atoms with E-state index in [0.29, 0.717) is 12.8 Å². The molecule has 1 aromatic carbocycles. The Balaban J connectivity index is 1.84. The highest BCUT2D eigenvalue weighted by Gasteiger charge is 2.49. The molecule has 33 heavy (non-hydrogen) atoms. The second-order valence-corrected chi connectivity index (χ2v) is 12.4. The number of ether oxygens (including phenoxy) is 1. The maximum Gasteiger partial charge on any atom is 0.327 e. The minimum Gasteiger partial charge on any atom is -0.457 e. The summed E-state index contributed by atoms with van der Waals surface area (Å²) in [6.07, 6.45) is 1.49. The predicted octanol–water partition coefficient (Wildman–Crippen LogP) is 5.55. The van der Waals surface area contributed by atoms with Gasteiger partial charge >= 0.3 is 5.97 Å². The third-order valence-electron chi connectivity index (χ3n) is 6.43. The van der Waals surface area contributed by atoms with E-state index in [1.54, 1.807) is 11.3 Å². The van der Waals surface area contributed by atoms with Crippen LogP contribution >= 0.6 is 23.1 Å². The van der Waals surface area contributed by atoms with Crippen molar-refractivity contribution in [3.05, 3.63) is 44.9 Å². The zero-order valence-electron chi connectivity index (χ0n) is 20.7. The number of esters is 1. The van der Waals surface area contributed by atoms with Gasteiger partial charge in [-0.3, -0.25) is 9.59 Å². The van der Waals surface area contributed by atoms with Gasteiger partial charge in [-0.2, -0.15) is 0 Å². The van der Waals surface area contributed by atoms with Crippen molar-refractivity contribution in [1.29, 1.82) is 0 Å². The first-order valence-electron chi connectivity index (χ1n) is 11.4.